The van der Waals surface area contributed by atoms with Gasteiger partial charge >= 0.3 is 0 Å². The van der Waals surface area contributed by atoms with Crippen molar-refractivity contribution in [3.8, 4) is 0 Å². The zero-order valence-corrected chi connectivity index (χ0v) is 16.7. The average molecular weight is 393 g/mol. The molecule has 1 saturated heterocycles. The van der Waals surface area contributed by atoms with Gasteiger partial charge in [-0.3, -0.25) is 4.98 Å². The lowest BCUT2D eigenvalue weighted by molar-refractivity contribution is 0.269. The summed E-state index contributed by atoms with van der Waals surface area (Å²) in [6, 6.07) is 20.2. The number of aryl methyl sites for hydroxylation is 1. The zero-order valence-electron chi connectivity index (χ0n) is 15.8. The maximum atomic E-state index is 5.99. The van der Waals surface area contributed by atoms with Crippen LogP contribution in [0, 0.1) is 6.92 Å². The fourth-order valence-corrected chi connectivity index (χ4v) is 3.94. The highest BCUT2D eigenvalue weighted by atomic mass is 32.1. The summed E-state index contributed by atoms with van der Waals surface area (Å²) in [5.41, 5.74) is 2.10. The molecule has 3 aromatic rings. The number of para-hydroxylation sites is 1. The Kier molecular flexibility index (Phi) is 5.58. The van der Waals surface area contributed by atoms with Crippen molar-refractivity contribution >= 4 is 23.0 Å². The molecule has 28 heavy (non-hydrogen) atoms. The Morgan fingerprint density at radius 1 is 1.11 bits per heavy atom. The Morgan fingerprint density at radius 3 is 2.64 bits per heavy atom. The highest BCUT2D eigenvalue weighted by molar-refractivity contribution is 7.80. The van der Waals surface area contributed by atoms with E-state index in [4.69, 9.17) is 16.6 Å². The van der Waals surface area contributed by atoms with E-state index in [1.54, 1.807) is 0 Å². The van der Waals surface area contributed by atoms with Crippen molar-refractivity contribution in [1.29, 1.82) is 0 Å². The maximum Gasteiger partial charge on any atom is 0.170 e. The van der Waals surface area contributed by atoms with Crippen LogP contribution in [-0.2, 0) is 0 Å². The third-order valence-corrected chi connectivity index (χ3v) is 5.28. The number of rotatable bonds is 7. The zero-order chi connectivity index (χ0) is 19.3. The number of hydrogen-bond acceptors (Lipinski definition) is 4. The molecule has 2 N–H and O–H groups in total. The molecule has 0 saturated carbocycles. The summed E-state index contributed by atoms with van der Waals surface area (Å²) in [6.45, 7) is 3.68. The van der Waals surface area contributed by atoms with Crippen LogP contribution in [-0.4, -0.2) is 28.1 Å². The van der Waals surface area contributed by atoms with E-state index in [0.29, 0.717) is 0 Å². The van der Waals surface area contributed by atoms with Crippen LogP contribution in [0.2, 0.25) is 0 Å². The highest BCUT2D eigenvalue weighted by Crippen LogP contribution is 2.39. The van der Waals surface area contributed by atoms with Gasteiger partial charge in [0.2, 0.25) is 0 Å². The second-order valence-corrected chi connectivity index (χ2v) is 7.30. The third kappa shape index (κ3) is 4.02. The van der Waals surface area contributed by atoms with Crippen LogP contribution in [0.1, 0.15) is 35.7 Å². The number of aromatic nitrogens is 1. The Labute approximate surface area is 170 Å². The molecule has 5 nitrogen and oxygen atoms in total. The van der Waals surface area contributed by atoms with Gasteiger partial charge in [0.1, 0.15) is 17.6 Å². The van der Waals surface area contributed by atoms with Crippen molar-refractivity contribution in [1.82, 2.24) is 15.2 Å². The molecule has 1 aromatic carbocycles. The van der Waals surface area contributed by atoms with E-state index in [1.165, 1.54) is 0 Å². The number of nitrogens with one attached hydrogen (secondary N) is 2. The van der Waals surface area contributed by atoms with Gasteiger partial charge in [0, 0.05) is 25.0 Å². The standard InChI is InChI=1S/C22H24N4OS/c1-16-11-12-19(27-16)21-20(18-10-5-6-13-24-18)25-22(28)26(21)15-7-14-23-17-8-3-2-4-9-17/h2-6,8-13,20-21,23H,7,14-15H2,1H3,(H,25,28)/t20-,21-/m1/s1. The van der Waals surface area contributed by atoms with Gasteiger partial charge in [-0.1, -0.05) is 24.3 Å². The number of furan rings is 1. The van der Waals surface area contributed by atoms with Gasteiger partial charge in [-0.15, -0.1) is 0 Å². The molecular weight excluding hydrogens is 368 g/mol. The molecule has 0 radical (unpaired) electrons. The van der Waals surface area contributed by atoms with E-state index in [-0.39, 0.29) is 12.1 Å². The van der Waals surface area contributed by atoms with Crippen LogP contribution in [0.4, 0.5) is 5.69 Å². The van der Waals surface area contributed by atoms with Crippen molar-refractivity contribution in [2.24, 2.45) is 0 Å². The molecule has 3 heterocycles. The van der Waals surface area contributed by atoms with Crippen LogP contribution < -0.4 is 10.6 Å². The van der Waals surface area contributed by atoms with E-state index in [1.807, 2.05) is 61.7 Å². The second-order valence-electron chi connectivity index (χ2n) is 6.91. The summed E-state index contributed by atoms with van der Waals surface area (Å²) in [7, 11) is 0. The van der Waals surface area contributed by atoms with Crippen molar-refractivity contribution < 1.29 is 4.42 Å². The first kappa shape index (κ1) is 18.5. The van der Waals surface area contributed by atoms with Crippen LogP contribution in [0.3, 0.4) is 0 Å². The van der Waals surface area contributed by atoms with Gasteiger partial charge in [-0.2, -0.15) is 0 Å². The van der Waals surface area contributed by atoms with Crippen molar-refractivity contribution in [3.63, 3.8) is 0 Å². The summed E-state index contributed by atoms with van der Waals surface area (Å²) in [4.78, 5) is 6.77. The normalized spacial score (nSPS) is 18.9. The highest BCUT2D eigenvalue weighted by Gasteiger charge is 2.41. The summed E-state index contributed by atoms with van der Waals surface area (Å²) in [6.07, 6.45) is 2.78. The first-order valence-electron chi connectivity index (χ1n) is 9.56. The monoisotopic (exact) mass is 392 g/mol. The predicted molar refractivity (Wildman–Crippen MR) is 115 cm³/mol. The molecule has 2 aromatic heterocycles. The predicted octanol–water partition coefficient (Wildman–Crippen LogP) is 4.46. The van der Waals surface area contributed by atoms with Gasteiger partial charge in [-0.05, 0) is 62.0 Å². The van der Waals surface area contributed by atoms with Crippen molar-refractivity contribution in [2.45, 2.75) is 25.4 Å². The number of nitrogens with zero attached hydrogens (tertiary/aromatic N) is 2. The lowest BCUT2D eigenvalue weighted by atomic mass is 10.0. The molecule has 0 amide bonds. The van der Waals surface area contributed by atoms with Gasteiger partial charge in [-0.25, -0.2) is 0 Å². The van der Waals surface area contributed by atoms with E-state index in [0.717, 1.165) is 47.5 Å². The Hall–Kier alpha value is -2.86. The summed E-state index contributed by atoms with van der Waals surface area (Å²) in [5, 5.41) is 7.65. The number of benzene rings is 1. The van der Waals surface area contributed by atoms with E-state index in [9.17, 15) is 0 Å². The first-order chi connectivity index (χ1) is 13.7. The lowest BCUT2D eigenvalue weighted by Gasteiger charge is -2.26. The minimum absolute atomic E-state index is 0.00664. The smallest absolute Gasteiger partial charge is 0.170 e. The quantitative estimate of drug-likeness (QED) is 0.457. The number of pyridine rings is 1. The van der Waals surface area contributed by atoms with Crippen molar-refractivity contribution in [3.05, 3.63) is 84.1 Å². The fraction of sp³-hybridized carbons (Fsp3) is 0.273. The molecule has 0 spiro atoms. The Bertz CT molecular complexity index is 913. The van der Waals surface area contributed by atoms with Gasteiger partial charge < -0.3 is 20.0 Å². The maximum absolute atomic E-state index is 5.99. The van der Waals surface area contributed by atoms with Crippen LogP contribution in [0.5, 0.6) is 0 Å². The Morgan fingerprint density at radius 2 is 1.93 bits per heavy atom. The summed E-state index contributed by atoms with van der Waals surface area (Å²) >= 11 is 5.67. The molecule has 0 bridgehead atoms. The number of anilines is 1. The molecular formula is C22H24N4OS. The second kappa shape index (κ2) is 8.44. The number of thiocarbonyl (C=S) groups is 1. The van der Waals surface area contributed by atoms with Gasteiger partial charge in [0.15, 0.2) is 5.11 Å². The molecule has 6 heteroatoms. The molecule has 144 valence electrons. The van der Waals surface area contributed by atoms with Gasteiger partial charge in [0.25, 0.3) is 0 Å². The molecule has 1 aliphatic rings. The SMILES string of the molecule is Cc1ccc([C@@H]2[C@@H](c3ccccn3)NC(=S)N2CCCNc2ccccc2)o1. The topological polar surface area (TPSA) is 53.3 Å². The van der Waals surface area contributed by atoms with Crippen LogP contribution in [0.15, 0.2) is 71.3 Å². The molecule has 1 fully saturated rings. The average Bonchev–Trinajstić information content (AvgIpc) is 3.29. The first-order valence-corrected chi connectivity index (χ1v) is 9.96. The number of hydrogen-bond donors (Lipinski definition) is 2. The third-order valence-electron chi connectivity index (χ3n) is 4.93. The van der Waals surface area contributed by atoms with Crippen LogP contribution in [0.25, 0.3) is 0 Å². The van der Waals surface area contributed by atoms with E-state index >= 15 is 0 Å². The minimum Gasteiger partial charge on any atom is -0.464 e. The summed E-state index contributed by atoms with van der Waals surface area (Å²) < 4.78 is 5.99. The molecule has 0 unspecified atom stereocenters. The molecule has 0 aliphatic carbocycles. The van der Waals surface area contributed by atoms with Gasteiger partial charge in [0.05, 0.1) is 11.7 Å². The summed E-state index contributed by atoms with van der Waals surface area (Å²) in [5.74, 6) is 1.81. The lowest BCUT2D eigenvalue weighted by Crippen LogP contribution is -2.31. The fourth-order valence-electron chi connectivity index (χ4n) is 3.61. The Balaban J connectivity index is 1.48. The largest absolute Gasteiger partial charge is 0.464 e. The van der Waals surface area contributed by atoms with Crippen molar-refractivity contribution in [2.75, 3.05) is 18.4 Å². The van der Waals surface area contributed by atoms with E-state index < -0.39 is 0 Å². The molecule has 4 rings (SSSR count). The molecule has 2 atom stereocenters. The molecule has 1 aliphatic heterocycles. The van der Waals surface area contributed by atoms with Crippen LogP contribution >= 0.6 is 12.2 Å². The van der Waals surface area contributed by atoms with E-state index in [2.05, 4.69) is 32.7 Å². The minimum atomic E-state index is -0.0265.